The number of amides is 2. The second kappa shape index (κ2) is 8.65. The van der Waals surface area contributed by atoms with Crippen molar-refractivity contribution >= 4 is 11.8 Å². The van der Waals surface area contributed by atoms with E-state index < -0.39 is 0 Å². The SMILES string of the molecule is CCN(CC)C(=O)c1cccc(C(=O)NC2CCCCCC2)n1. The van der Waals surface area contributed by atoms with Crippen molar-refractivity contribution in [1.29, 1.82) is 0 Å². The largest absolute Gasteiger partial charge is 0.348 e. The average molecular weight is 317 g/mol. The number of carbonyl (C=O) groups excluding carboxylic acids is 2. The van der Waals surface area contributed by atoms with Gasteiger partial charge in [0.2, 0.25) is 0 Å². The third-order valence-electron chi connectivity index (χ3n) is 4.44. The number of aromatic nitrogens is 1. The molecule has 0 bridgehead atoms. The van der Waals surface area contributed by atoms with Gasteiger partial charge in [0.05, 0.1) is 0 Å². The summed E-state index contributed by atoms with van der Waals surface area (Å²) in [5, 5.41) is 3.07. The molecular weight excluding hydrogens is 290 g/mol. The lowest BCUT2D eigenvalue weighted by Gasteiger charge is -2.19. The number of carbonyl (C=O) groups is 2. The number of hydrogen-bond acceptors (Lipinski definition) is 3. The fourth-order valence-corrected chi connectivity index (χ4v) is 3.04. The van der Waals surface area contributed by atoms with E-state index in [4.69, 9.17) is 0 Å². The Labute approximate surface area is 138 Å². The molecule has 1 fully saturated rings. The maximum Gasteiger partial charge on any atom is 0.272 e. The highest BCUT2D eigenvalue weighted by atomic mass is 16.2. The van der Waals surface area contributed by atoms with Crippen LogP contribution >= 0.6 is 0 Å². The molecule has 5 heteroatoms. The molecular formula is C18H27N3O2. The van der Waals surface area contributed by atoms with E-state index in [1.54, 1.807) is 23.1 Å². The molecule has 23 heavy (non-hydrogen) atoms. The second-order valence-electron chi connectivity index (χ2n) is 6.05. The van der Waals surface area contributed by atoms with Gasteiger partial charge in [0, 0.05) is 19.1 Å². The summed E-state index contributed by atoms with van der Waals surface area (Å²) < 4.78 is 0. The van der Waals surface area contributed by atoms with Crippen LogP contribution in [0.3, 0.4) is 0 Å². The van der Waals surface area contributed by atoms with Gasteiger partial charge in [-0.25, -0.2) is 4.98 Å². The molecule has 0 spiro atoms. The first-order valence-corrected chi connectivity index (χ1v) is 8.72. The van der Waals surface area contributed by atoms with Gasteiger partial charge < -0.3 is 10.2 Å². The van der Waals surface area contributed by atoms with Gasteiger partial charge in [0.15, 0.2) is 0 Å². The minimum atomic E-state index is -0.175. The van der Waals surface area contributed by atoms with E-state index in [9.17, 15) is 9.59 Å². The summed E-state index contributed by atoms with van der Waals surface area (Å²) in [6, 6.07) is 5.30. The van der Waals surface area contributed by atoms with Crippen LogP contribution in [0.4, 0.5) is 0 Å². The van der Waals surface area contributed by atoms with Crippen LogP contribution in [-0.2, 0) is 0 Å². The highest BCUT2D eigenvalue weighted by molar-refractivity contribution is 5.96. The Hall–Kier alpha value is -1.91. The molecule has 0 aliphatic heterocycles. The van der Waals surface area contributed by atoms with Gasteiger partial charge in [-0.1, -0.05) is 31.7 Å². The van der Waals surface area contributed by atoms with Crippen LogP contribution in [0.5, 0.6) is 0 Å². The average Bonchev–Trinajstić information content (AvgIpc) is 2.84. The Balaban J connectivity index is 2.06. The van der Waals surface area contributed by atoms with Crippen molar-refractivity contribution in [2.45, 2.75) is 58.4 Å². The van der Waals surface area contributed by atoms with E-state index in [1.807, 2.05) is 13.8 Å². The Morgan fingerprint density at radius 1 is 1.09 bits per heavy atom. The number of rotatable bonds is 5. The standard InChI is InChI=1S/C18H27N3O2/c1-3-21(4-2)18(23)16-13-9-12-15(20-16)17(22)19-14-10-7-5-6-8-11-14/h9,12-14H,3-8,10-11H2,1-2H3,(H,19,22). The van der Waals surface area contributed by atoms with E-state index in [0.29, 0.717) is 24.5 Å². The first-order chi connectivity index (χ1) is 11.2. The van der Waals surface area contributed by atoms with Crippen molar-refractivity contribution in [2.24, 2.45) is 0 Å². The predicted octanol–water partition coefficient (Wildman–Crippen LogP) is 3.02. The fourth-order valence-electron chi connectivity index (χ4n) is 3.04. The molecule has 1 saturated carbocycles. The Morgan fingerprint density at radius 3 is 2.30 bits per heavy atom. The van der Waals surface area contributed by atoms with E-state index >= 15 is 0 Å². The van der Waals surface area contributed by atoms with Crippen molar-refractivity contribution in [3.05, 3.63) is 29.6 Å². The third-order valence-corrected chi connectivity index (χ3v) is 4.44. The van der Waals surface area contributed by atoms with Crippen LogP contribution in [-0.4, -0.2) is 40.8 Å². The van der Waals surface area contributed by atoms with Gasteiger partial charge >= 0.3 is 0 Å². The van der Waals surface area contributed by atoms with Crippen molar-refractivity contribution < 1.29 is 9.59 Å². The van der Waals surface area contributed by atoms with E-state index in [0.717, 1.165) is 12.8 Å². The molecule has 0 radical (unpaired) electrons. The minimum absolute atomic E-state index is 0.126. The van der Waals surface area contributed by atoms with Crippen LogP contribution in [0.2, 0.25) is 0 Å². The van der Waals surface area contributed by atoms with Crippen LogP contribution < -0.4 is 5.32 Å². The molecule has 1 aliphatic carbocycles. The molecule has 2 amide bonds. The van der Waals surface area contributed by atoms with Crippen molar-refractivity contribution in [3.63, 3.8) is 0 Å². The molecule has 0 aromatic carbocycles. The highest BCUT2D eigenvalue weighted by Gasteiger charge is 2.19. The van der Waals surface area contributed by atoms with Crippen molar-refractivity contribution in [2.75, 3.05) is 13.1 Å². The molecule has 0 unspecified atom stereocenters. The van der Waals surface area contributed by atoms with Crippen LogP contribution in [0.25, 0.3) is 0 Å². The first-order valence-electron chi connectivity index (χ1n) is 8.72. The van der Waals surface area contributed by atoms with Crippen molar-refractivity contribution in [3.8, 4) is 0 Å². The number of nitrogens with one attached hydrogen (secondary N) is 1. The van der Waals surface area contributed by atoms with Gasteiger partial charge in [0.25, 0.3) is 11.8 Å². The monoisotopic (exact) mass is 317 g/mol. The van der Waals surface area contributed by atoms with Crippen molar-refractivity contribution in [1.82, 2.24) is 15.2 Å². The molecule has 1 aromatic heterocycles. The van der Waals surface area contributed by atoms with E-state index in [-0.39, 0.29) is 17.9 Å². The van der Waals surface area contributed by atoms with Gasteiger partial charge in [0.1, 0.15) is 11.4 Å². The third kappa shape index (κ3) is 4.78. The summed E-state index contributed by atoms with van der Waals surface area (Å²) in [6.07, 6.45) is 6.89. The Morgan fingerprint density at radius 2 is 1.70 bits per heavy atom. The van der Waals surface area contributed by atoms with Crippen LogP contribution in [0.15, 0.2) is 18.2 Å². The quantitative estimate of drug-likeness (QED) is 0.849. The summed E-state index contributed by atoms with van der Waals surface area (Å²) in [5.74, 6) is -0.301. The molecule has 1 aromatic rings. The molecule has 5 nitrogen and oxygen atoms in total. The Kier molecular flexibility index (Phi) is 6.56. The maximum atomic E-state index is 12.4. The minimum Gasteiger partial charge on any atom is -0.348 e. The highest BCUT2D eigenvalue weighted by Crippen LogP contribution is 2.17. The second-order valence-corrected chi connectivity index (χ2v) is 6.05. The molecule has 126 valence electrons. The van der Waals surface area contributed by atoms with Gasteiger partial charge in [-0.3, -0.25) is 9.59 Å². The lowest BCUT2D eigenvalue weighted by molar-refractivity contribution is 0.0767. The number of hydrogen-bond donors (Lipinski definition) is 1. The fraction of sp³-hybridized carbons (Fsp3) is 0.611. The first kappa shape index (κ1) is 17.4. The lowest BCUT2D eigenvalue weighted by atomic mass is 10.1. The number of pyridine rings is 1. The topological polar surface area (TPSA) is 62.3 Å². The normalized spacial score (nSPS) is 15.7. The zero-order chi connectivity index (χ0) is 16.7. The summed E-state index contributed by atoms with van der Waals surface area (Å²) >= 11 is 0. The van der Waals surface area contributed by atoms with Gasteiger partial charge in [-0.05, 0) is 38.8 Å². The maximum absolute atomic E-state index is 12.4. The van der Waals surface area contributed by atoms with Crippen LogP contribution in [0.1, 0.15) is 73.3 Å². The zero-order valence-electron chi connectivity index (χ0n) is 14.2. The molecule has 0 atom stereocenters. The predicted molar refractivity (Wildman–Crippen MR) is 90.4 cm³/mol. The van der Waals surface area contributed by atoms with Gasteiger partial charge in [-0.2, -0.15) is 0 Å². The summed E-state index contributed by atoms with van der Waals surface area (Å²) in [5.41, 5.74) is 0.662. The summed E-state index contributed by atoms with van der Waals surface area (Å²) in [7, 11) is 0. The van der Waals surface area contributed by atoms with E-state index in [2.05, 4.69) is 10.3 Å². The molecule has 1 heterocycles. The molecule has 0 saturated heterocycles. The zero-order valence-corrected chi connectivity index (χ0v) is 14.2. The smallest absolute Gasteiger partial charge is 0.272 e. The molecule has 1 aliphatic rings. The van der Waals surface area contributed by atoms with Crippen LogP contribution in [0, 0.1) is 0 Å². The molecule has 1 N–H and O–H groups in total. The lowest BCUT2D eigenvalue weighted by Crippen LogP contribution is -2.35. The van der Waals surface area contributed by atoms with Gasteiger partial charge in [-0.15, -0.1) is 0 Å². The number of nitrogens with zero attached hydrogens (tertiary/aromatic N) is 2. The summed E-state index contributed by atoms with van der Waals surface area (Å²) in [6.45, 7) is 5.14. The Bertz CT molecular complexity index is 533. The summed E-state index contributed by atoms with van der Waals surface area (Å²) in [4.78, 5) is 30.7. The van der Waals surface area contributed by atoms with E-state index in [1.165, 1.54) is 25.7 Å². The molecule has 2 rings (SSSR count).